The molecular weight excluding hydrogens is 259 g/mol. The van der Waals surface area contributed by atoms with Crippen molar-refractivity contribution in [3.05, 3.63) is 29.6 Å². The molecule has 1 aromatic carbocycles. The van der Waals surface area contributed by atoms with Crippen LogP contribution in [-0.2, 0) is 4.79 Å². The normalized spacial score (nSPS) is 20.6. The molecule has 1 amide bonds. The van der Waals surface area contributed by atoms with Crippen LogP contribution in [0.2, 0.25) is 0 Å². The molecule has 20 heavy (non-hydrogen) atoms. The van der Waals surface area contributed by atoms with E-state index in [0.717, 1.165) is 19.4 Å². The van der Waals surface area contributed by atoms with E-state index in [1.54, 1.807) is 26.1 Å². The maximum Gasteiger partial charge on any atom is 0.224 e. The summed E-state index contributed by atoms with van der Waals surface area (Å²) in [6, 6.07) is 4.78. The van der Waals surface area contributed by atoms with Gasteiger partial charge in [0.2, 0.25) is 5.91 Å². The van der Waals surface area contributed by atoms with E-state index in [1.807, 2.05) is 4.90 Å². The topological polar surface area (TPSA) is 52.6 Å². The summed E-state index contributed by atoms with van der Waals surface area (Å²) >= 11 is 0. The van der Waals surface area contributed by atoms with Crippen molar-refractivity contribution in [1.29, 1.82) is 0 Å². The van der Waals surface area contributed by atoms with E-state index >= 15 is 0 Å². The Labute approximate surface area is 118 Å². The van der Waals surface area contributed by atoms with Gasteiger partial charge in [-0.05, 0) is 37.5 Å². The van der Waals surface area contributed by atoms with E-state index in [9.17, 15) is 14.3 Å². The lowest BCUT2D eigenvalue weighted by atomic mass is 9.96. The molecule has 1 saturated heterocycles. The minimum atomic E-state index is -0.682. The monoisotopic (exact) mass is 280 g/mol. The molecule has 0 bridgehead atoms. The van der Waals surface area contributed by atoms with Crippen LogP contribution < -0.4 is 10.2 Å². The number of nitrogens with zero attached hydrogens (tertiary/aromatic N) is 1. The summed E-state index contributed by atoms with van der Waals surface area (Å²) in [6.45, 7) is 2.89. The fourth-order valence-electron chi connectivity index (χ4n) is 2.65. The number of aliphatic hydroxyl groups is 1. The van der Waals surface area contributed by atoms with Crippen LogP contribution in [0.15, 0.2) is 18.2 Å². The zero-order valence-corrected chi connectivity index (χ0v) is 11.9. The molecule has 1 unspecified atom stereocenters. The Morgan fingerprint density at radius 3 is 2.90 bits per heavy atom. The third kappa shape index (κ3) is 3.10. The number of amides is 1. The fourth-order valence-corrected chi connectivity index (χ4v) is 2.65. The first kappa shape index (κ1) is 14.8. The van der Waals surface area contributed by atoms with Crippen LogP contribution in [-0.4, -0.2) is 31.2 Å². The molecule has 4 nitrogen and oxygen atoms in total. The maximum atomic E-state index is 14.2. The van der Waals surface area contributed by atoms with Gasteiger partial charge in [0.15, 0.2) is 0 Å². The lowest BCUT2D eigenvalue weighted by molar-refractivity contribution is -0.124. The fraction of sp³-hybridized carbons (Fsp3) is 0.533. The van der Waals surface area contributed by atoms with Crippen LogP contribution in [0.4, 0.5) is 10.1 Å². The molecule has 2 rings (SSSR count). The van der Waals surface area contributed by atoms with Crippen LogP contribution in [0.1, 0.15) is 31.4 Å². The van der Waals surface area contributed by atoms with Crippen molar-refractivity contribution in [2.75, 3.05) is 25.0 Å². The predicted molar refractivity (Wildman–Crippen MR) is 76.0 cm³/mol. The highest BCUT2D eigenvalue weighted by atomic mass is 19.1. The maximum absolute atomic E-state index is 14.2. The van der Waals surface area contributed by atoms with Crippen molar-refractivity contribution >= 4 is 11.6 Å². The Balaban J connectivity index is 2.17. The van der Waals surface area contributed by atoms with Gasteiger partial charge in [-0.15, -0.1) is 0 Å². The lowest BCUT2D eigenvalue weighted by Gasteiger charge is -2.33. The van der Waals surface area contributed by atoms with Crippen molar-refractivity contribution in [2.45, 2.75) is 25.9 Å². The van der Waals surface area contributed by atoms with Gasteiger partial charge in [0, 0.05) is 20.1 Å². The quantitative estimate of drug-likeness (QED) is 0.888. The van der Waals surface area contributed by atoms with Gasteiger partial charge in [0.1, 0.15) is 5.82 Å². The molecule has 0 spiro atoms. The number of hydrogen-bond donors (Lipinski definition) is 2. The predicted octanol–water partition coefficient (Wildman–Crippen LogP) is 1.84. The molecule has 2 atom stereocenters. The Kier molecular flexibility index (Phi) is 4.60. The molecule has 5 heteroatoms. The van der Waals surface area contributed by atoms with E-state index in [4.69, 9.17) is 0 Å². The van der Waals surface area contributed by atoms with E-state index in [1.165, 1.54) is 6.07 Å². The number of benzene rings is 1. The number of halogens is 1. The smallest absolute Gasteiger partial charge is 0.224 e. The lowest BCUT2D eigenvalue weighted by Crippen LogP contribution is -2.42. The number of rotatable bonds is 3. The van der Waals surface area contributed by atoms with Gasteiger partial charge in [-0.2, -0.15) is 0 Å². The summed E-state index contributed by atoms with van der Waals surface area (Å²) in [6.07, 6.45) is 1.03. The number of aliphatic hydroxyl groups excluding tert-OH is 1. The Morgan fingerprint density at radius 2 is 2.30 bits per heavy atom. The molecule has 0 aliphatic carbocycles. The van der Waals surface area contributed by atoms with Crippen molar-refractivity contribution in [1.82, 2.24) is 5.32 Å². The summed E-state index contributed by atoms with van der Waals surface area (Å²) < 4.78 is 14.2. The molecule has 110 valence electrons. The summed E-state index contributed by atoms with van der Waals surface area (Å²) in [7, 11) is 1.62. The molecular formula is C15H21FN2O2. The number of nitrogens with one attached hydrogen (secondary N) is 1. The van der Waals surface area contributed by atoms with Gasteiger partial charge >= 0.3 is 0 Å². The van der Waals surface area contributed by atoms with E-state index in [-0.39, 0.29) is 17.6 Å². The van der Waals surface area contributed by atoms with Crippen molar-refractivity contribution < 1.29 is 14.3 Å². The highest BCUT2D eigenvalue weighted by Crippen LogP contribution is 2.27. The number of hydrogen-bond acceptors (Lipinski definition) is 3. The third-order valence-corrected chi connectivity index (χ3v) is 3.83. The van der Waals surface area contributed by atoms with E-state index < -0.39 is 6.10 Å². The SMILES string of the molecule is CNC(=O)C1CCCN(c2ccc([C@H](C)O)cc2F)C1. The summed E-state index contributed by atoms with van der Waals surface area (Å²) in [5, 5.41) is 12.1. The summed E-state index contributed by atoms with van der Waals surface area (Å²) in [4.78, 5) is 13.6. The first-order chi connectivity index (χ1) is 9.52. The Morgan fingerprint density at radius 1 is 1.55 bits per heavy atom. The summed E-state index contributed by atoms with van der Waals surface area (Å²) in [5.74, 6) is -0.429. The standard InChI is InChI=1S/C15H21FN2O2/c1-10(19)11-5-6-14(13(16)8-11)18-7-3-4-12(9-18)15(20)17-2/h5-6,8,10,12,19H,3-4,7,9H2,1-2H3,(H,17,20)/t10-,12?/m0/s1. The molecule has 1 fully saturated rings. The van der Waals surface area contributed by atoms with Gasteiger partial charge < -0.3 is 15.3 Å². The van der Waals surface area contributed by atoms with Crippen molar-refractivity contribution in [2.24, 2.45) is 5.92 Å². The second-order valence-corrected chi connectivity index (χ2v) is 5.29. The minimum Gasteiger partial charge on any atom is -0.389 e. The average molecular weight is 280 g/mol. The third-order valence-electron chi connectivity index (χ3n) is 3.83. The van der Waals surface area contributed by atoms with Gasteiger partial charge in [-0.1, -0.05) is 6.07 Å². The number of carbonyl (C=O) groups is 1. The molecule has 1 aromatic rings. The minimum absolute atomic E-state index is 0.00992. The van der Waals surface area contributed by atoms with Crippen LogP contribution in [0.3, 0.4) is 0 Å². The van der Waals surface area contributed by atoms with E-state index in [2.05, 4.69) is 5.32 Å². The Bertz CT molecular complexity index is 491. The van der Waals surface area contributed by atoms with Gasteiger partial charge in [0.05, 0.1) is 17.7 Å². The second kappa shape index (κ2) is 6.22. The largest absolute Gasteiger partial charge is 0.389 e. The van der Waals surface area contributed by atoms with Crippen LogP contribution >= 0.6 is 0 Å². The molecule has 2 N–H and O–H groups in total. The van der Waals surface area contributed by atoms with Gasteiger partial charge in [-0.3, -0.25) is 4.79 Å². The highest BCUT2D eigenvalue weighted by molar-refractivity contribution is 5.79. The number of piperidine rings is 1. The average Bonchev–Trinajstić information content (AvgIpc) is 2.46. The number of carbonyl (C=O) groups excluding carboxylic acids is 1. The molecule has 0 radical (unpaired) electrons. The van der Waals surface area contributed by atoms with Crippen LogP contribution in [0.5, 0.6) is 0 Å². The zero-order valence-electron chi connectivity index (χ0n) is 11.9. The Hall–Kier alpha value is -1.62. The van der Waals surface area contributed by atoms with Crippen LogP contribution in [0, 0.1) is 11.7 Å². The van der Waals surface area contributed by atoms with Gasteiger partial charge in [0.25, 0.3) is 0 Å². The summed E-state index contributed by atoms with van der Waals surface area (Å²) in [5.41, 5.74) is 1.06. The van der Waals surface area contributed by atoms with E-state index in [0.29, 0.717) is 17.8 Å². The molecule has 0 aromatic heterocycles. The molecule has 1 heterocycles. The first-order valence-electron chi connectivity index (χ1n) is 6.97. The zero-order chi connectivity index (χ0) is 14.7. The molecule has 0 saturated carbocycles. The number of anilines is 1. The van der Waals surface area contributed by atoms with Crippen molar-refractivity contribution in [3.63, 3.8) is 0 Å². The second-order valence-electron chi connectivity index (χ2n) is 5.29. The molecule has 1 aliphatic rings. The van der Waals surface area contributed by atoms with Crippen molar-refractivity contribution in [3.8, 4) is 0 Å². The molecule has 1 aliphatic heterocycles. The van der Waals surface area contributed by atoms with Crippen LogP contribution in [0.25, 0.3) is 0 Å². The first-order valence-corrected chi connectivity index (χ1v) is 6.97. The highest BCUT2D eigenvalue weighted by Gasteiger charge is 2.26. The van der Waals surface area contributed by atoms with Gasteiger partial charge in [-0.25, -0.2) is 4.39 Å².